The Kier molecular flexibility index (Phi) is 6.92. The van der Waals surface area contributed by atoms with Gasteiger partial charge in [-0.1, -0.05) is 0 Å². The first-order valence-corrected chi connectivity index (χ1v) is 10.2. The molecule has 156 valence electrons. The zero-order valence-electron chi connectivity index (χ0n) is 17.8. The molecule has 3 rings (SSSR count). The van der Waals surface area contributed by atoms with Crippen LogP contribution in [-0.4, -0.2) is 57.6 Å². The predicted octanol–water partition coefficient (Wildman–Crippen LogP) is 3.11. The van der Waals surface area contributed by atoms with Gasteiger partial charge in [0.1, 0.15) is 6.33 Å². The monoisotopic (exact) mass is 397 g/mol. The van der Waals surface area contributed by atoms with Gasteiger partial charge in [0.2, 0.25) is 0 Å². The van der Waals surface area contributed by atoms with E-state index >= 15 is 0 Å². The summed E-state index contributed by atoms with van der Waals surface area (Å²) in [6.07, 6.45) is 9.01. The van der Waals surface area contributed by atoms with Crippen molar-refractivity contribution in [3.8, 4) is 0 Å². The summed E-state index contributed by atoms with van der Waals surface area (Å²) >= 11 is 0. The lowest BCUT2D eigenvalue weighted by molar-refractivity contribution is -0.206. The molecule has 7 nitrogen and oxygen atoms in total. The Morgan fingerprint density at radius 1 is 1.17 bits per heavy atom. The van der Waals surface area contributed by atoms with Gasteiger partial charge in [0, 0.05) is 38.2 Å². The highest BCUT2D eigenvalue weighted by Gasteiger charge is 2.30. The van der Waals surface area contributed by atoms with Gasteiger partial charge in [-0.3, -0.25) is 9.88 Å². The van der Waals surface area contributed by atoms with Gasteiger partial charge in [0.05, 0.1) is 17.2 Å². The highest BCUT2D eigenvalue weighted by Crippen LogP contribution is 2.28. The third-order valence-electron chi connectivity index (χ3n) is 5.29. The van der Waals surface area contributed by atoms with Gasteiger partial charge in [-0.15, -0.1) is 5.06 Å². The molecule has 1 saturated heterocycles. The Bertz CT molecular complexity index is 731. The Hall–Kier alpha value is -2.38. The number of hydrogen-bond acceptors (Lipinski definition) is 7. The molecule has 2 aromatic heterocycles. The van der Waals surface area contributed by atoms with Crippen LogP contribution in [0.4, 0.5) is 0 Å². The van der Waals surface area contributed by atoms with Gasteiger partial charge in [0.25, 0.3) is 0 Å². The Morgan fingerprint density at radius 3 is 2.41 bits per heavy atom. The van der Waals surface area contributed by atoms with E-state index in [1.807, 2.05) is 56.4 Å². The van der Waals surface area contributed by atoms with E-state index in [0.717, 1.165) is 43.7 Å². The van der Waals surface area contributed by atoms with Crippen LogP contribution in [0.5, 0.6) is 0 Å². The molecule has 0 aliphatic carbocycles. The molecule has 1 aliphatic heterocycles. The largest absolute Gasteiger partial charge is 0.367 e. The van der Waals surface area contributed by atoms with E-state index < -0.39 is 5.41 Å². The van der Waals surface area contributed by atoms with Crippen molar-refractivity contribution < 1.29 is 9.63 Å². The smallest absolute Gasteiger partial charge is 0.330 e. The summed E-state index contributed by atoms with van der Waals surface area (Å²) in [5.41, 5.74) is 1.66. The average Bonchev–Trinajstić information content (AvgIpc) is 2.70. The van der Waals surface area contributed by atoms with E-state index in [9.17, 15) is 4.79 Å². The predicted molar refractivity (Wildman–Crippen MR) is 111 cm³/mol. The van der Waals surface area contributed by atoms with E-state index in [0.29, 0.717) is 5.92 Å². The van der Waals surface area contributed by atoms with Crippen LogP contribution in [0.15, 0.2) is 43.1 Å². The van der Waals surface area contributed by atoms with Crippen LogP contribution in [-0.2, 0) is 9.63 Å². The van der Waals surface area contributed by atoms with Gasteiger partial charge < -0.3 is 4.84 Å². The van der Waals surface area contributed by atoms with Crippen LogP contribution >= 0.6 is 0 Å². The molecule has 0 amide bonds. The van der Waals surface area contributed by atoms with Gasteiger partial charge in [-0.05, 0) is 70.3 Å². The molecular formula is C22H31N5O2. The molecule has 0 N–H and O–H groups in total. The Labute approximate surface area is 173 Å². The van der Waals surface area contributed by atoms with Crippen LogP contribution in [0.1, 0.15) is 50.9 Å². The maximum atomic E-state index is 12.1. The van der Waals surface area contributed by atoms with Crippen molar-refractivity contribution >= 4 is 5.97 Å². The number of piperidine rings is 1. The molecule has 3 heterocycles. The standard InChI is InChI=1S/C22H31N5O2/c1-22(2,3)21(28)29-27-13-8-17(9-14-27)15-26(4)20(18-5-10-23-11-6-18)19-7-12-24-16-25-19/h5-7,10-12,16-17,20H,8-9,13-15H2,1-4H3. The number of hydroxylamine groups is 2. The quantitative estimate of drug-likeness (QED) is 0.742. The molecule has 0 aromatic carbocycles. The fourth-order valence-corrected chi connectivity index (χ4v) is 3.61. The van der Waals surface area contributed by atoms with Crippen molar-refractivity contribution in [2.75, 3.05) is 26.7 Å². The van der Waals surface area contributed by atoms with E-state index in [1.165, 1.54) is 0 Å². The second-order valence-corrected chi connectivity index (χ2v) is 8.76. The van der Waals surface area contributed by atoms with E-state index in [1.54, 1.807) is 12.5 Å². The number of carbonyl (C=O) groups excluding carboxylic acids is 1. The zero-order valence-corrected chi connectivity index (χ0v) is 17.8. The first kappa shape index (κ1) is 21.3. The third-order valence-corrected chi connectivity index (χ3v) is 5.29. The maximum absolute atomic E-state index is 12.1. The van der Waals surface area contributed by atoms with Gasteiger partial charge in [-0.2, -0.15) is 0 Å². The Morgan fingerprint density at radius 2 is 1.83 bits per heavy atom. The summed E-state index contributed by atoms with van der Waals surface area (Å²) in [4.78, 5) is 32.7. The van der Waals surface area contributed by atoms with Crippen LogP contribution < -0.4 is 0 Å². The lowest BCUT2D eigenvalue weighted by atomic mass is 9.95. The molecule has 0 saturated carbocycles. The summed E-state index contributed by atoms with van der Waals surface area (Å²) in [6, 6.07) is 6.10. The summed E-state index contributed by atoms with van der Waals surface area (Å²) in [5.74, 6) is 0.366. The van der Waals surface area contributed by atoms with Crippen molar-refractivity contribution in [2.24, 2.45) is 11.3 Å². The van der Waals surface area contributed by atoms with E-state index in [-0.39, 0.29) is 12.0 Å². The minimum absolute atomic E-state index is 0.0535. The number of nitrogens with zero attached hydrogens (tertiary/aromatic N) is 5. The maximum Gasteiger partial charge on any atom is 0.330 e. The normalized spacial score (nSPS) is 17.3. The summed E-state index contributed by atoms with van der Waals surface area (Å²) in [7, 11) is 2.14. The molecule has 2 aromatic rings. The number of hydrogen-bond donors (Lipinski definition) is 0. The average molecular weight is 398 g/mol. The molecule has 29 heavy (non-hydrogen) atoms. The second-order valence-electron chi connectivity index (χ2n) is 8.76. The van der Waals surface area contributed by atoms with Crippen LogP contribution in [0.3, 0.4) is 0 Å². The minimum atomic E-state index is -0.480. The molecule has 0 radical (unpaired) electrons. The second kappa shape index (κ2) is 9.41. The van der Waals surface area contributed by atoms with Gasteiger partial charge in [0.15, 0.2) is 0 Å². The highest BCUT2D eigenvalue weighted by molar-refractivity contribution is 5.75. The fourth-order valence-electron chi connectivity index (χ4n) is 3.61. The molecule has 0 spiro atoms. The zero-order chi connectivity index (χ0) is 20.9. The first-order chi connectivity index (χ1) is 13.8. The van der Waals surface area contributed by atoms with Crippen molar-refractivity contribution in [2.45, 2.75) is 39.7 Å². The molecule has 1 atom stereocenters. The molecule has 1 aliphatic rings. The van der Waals surface area contributed by atoms with E-state index in [2.05, 4.69) is 26.9 Å². The summed E-state index contributed by atoms with van der Waals surface area (Å²) in [6.45, 7) is 8.12. The van der Waals surface area contributed by atoms with Crippen molar-refractivity contribution in [1.82, 2.24) is 24.9 Å². The highest BCUT2D eigenvalue weighted by atomic mass is 16.7. The molecule has 1 fully saturated rings. The van der Waals surface area contributed by atoms with Crippen LogP contribution in [0.2, 0.25) is 0 Å². The Balaban J connectivity index is 1.61. The van der Waals surface area contributed by atoms with Gasteiger partial charge >= 0.3 is 5.97 Å². The van der Waals surface area contributed by atoms with Crippen molar-refractivity contribution in [3.05, 3.63) is 54.4 Å². The fraction of sp³-hybridized carbons (Fsp3) is 0.545. The van der Waals surface area contributed by atoms with Crippen LogP contribution in [0, 0.1) is 11.3 Å². The topological polar surface area (TPSA) is 71.5 Å². The number of pyridine rings is 1. The molecule has 7 heteroatoms. The first-order valence-electron chi connectivity index (χ1n) is 10.2. The lowest BCUT2D eigenvalue weighted by Gasteiger charge is -2.36. The summed E-state index contributed by atoms with van der Waals surface area (Å²) in [5, 5.41) is 1.81. The summed E-state index contributed by atoms with van der Waals surface area (Å²) < 4.78 is 0. The molecular weight excluding hydrogens is 366 g/mol. The number of rotatable bonds is 6. The SMILES string of the molecule is CN(CC1CCN(OC(=O)C(C)(C)C)CC1)C(c1ccncc1)c1ccncn1. The molecule has 1 unspecified atom stereocenters. The molecule has 0 bridgehead atoms. The number of carbonyl (C=O) groups is 1. The minimum Gasteiger partial charge on any atom is -0.367 e. The number of aromatic nitrogens is 3. The third kappa shape index (κ3) is 5.81. The van der Waals surface area contributed by atoms with E-state index in [4.69, 9.17) is 4.84 Å². The van der Waals surface area contributed by atoms with Crippen LogP contribution in [0.25, 0.3) is 0 Å². The van der Waals surface area contributed by atoms with Crippen molar-refractivity contribution in [3.63, 3.8) is 0 Å². The van der Waals surface area contributed by atoms with Crippen molar-refractivity contribution in [1.29, 1.82) is 0 Å². The van der Waals surface area contributed by atoms with Gasteiger partial charge in [-0.25, -0.2) is 14.8 Å². The lowest BCUT2D eigenvalue weighted by Crippen LogP contribution is -2.41.